The Kier molecular flexibility index (Phi) is 6.72. The summed E-state index contributed by atoms with van der Waals surface area (Å²) in [6.07, 6.45) is 7.55. The van der Waals surface area contributed by atoms with E-state index in [0.29, 0.717) is 17.6 Å². The van der Waals surface area contributed by atoms with E-state index in [1.807, 2.05) is 38.1 Å². The highest BCUT2D eigenvalue weighted by Crippen LogP contribution is 2.24. The molecule has 0 aliphatic carbocycles. The van der Waals surface area contributed by atoms with Gasteiger partial charge in [0.1, 0.15) is 17.4 Å². The lowest BCUT2D eigenvalue weighted by Gasteiger charge is -2.23. The summed E-state index contributed by atoms with van der Waals surface area (Å²) in [7, 11) is 0. The number of hydrogen-bond acceptors (Lipinski definition) is 8. The van der Waals surface area contributed by atoms with Crippen molar-refractivity contribution in [2.45, 2.75) is 40.7 Å². The Morgan fingerprint density at radius 3 is 2.66 bits per heavy atom. The highest BCUT2D eigenvalue weighted by Gasteiger charge is 2.21. The lowest BCUT2D eigenvalue weighted by molar-refractivity contribution is -0.113. The molecule has 0 radical (unpaired) electrons. The Labute approximate surface area is 187 Å². The summed E-state index contributed by atoms with van der Waals surface area (Å²) < 4.78 is 0. The molecule has 0 bridgehead atoms. The highest BCUT2D eigenvalue weighted by atomic mass is 16.2. The van der Waals surface area contributed by atoms with Crippen LogP contribution in [0.4, 0.5) is 11.6 Å². The highest BCUT2D eigenvalue weighted by molar-refractivity contribution is 6.04. The predicted octanol–water partition coefficient (Wildman–Crippen LogP) is 3.79. The zero-order valence-electron chi connectivity index (χ0n) is 18.9. The third-order valence-electron chi connectivity index (χ3n) is 4.97. The lowest BCUT2D eigenvalue weighted by atomic mass is 10.0. The summed E-state index contributed by atoms with van der Waals surface area (Å²) in [5, 5.41) is 20.4. The number of anilines is 2. The second-order valence-corrected chi connectivity index (χ2v) is 8.07. The van der Waals surface area contributed by atoms with Gasteiger partial charge in [0.05, 0.1) is 5.70 Å². The van der Waals surface area contributed by atoms with Gasteiger partial charge in [0.15, 0.2) is 5.82 Å². The zero-order valence-corrected chi connectivity index (χ0v) is 18.9. The molecule has 2 aliphatic rings. The molecule has 0 aromatic carbocycles. The van der Waals surface area contributed by atoms with Crippen molar-refractivity contribution in [2.24, 2.45) is 11.1 Å². The molecule has 0 fully saturated rings. The number of pyridine rings is 1. The number of amidine groups is 1. The Morgan fingerprint density at radius 1 is 1.28 bits per heavy atom. The first-order valence-corrected chi connectivity index (χ1v) is 10.4. The molecule has 0 atom stereocenters. The summed E-state index contributed by atoms with van der Waals surface area (Å²) in [4.78, 5) is 17.3. The average molecular weight is 436 g/mol. The van der Waals surface area contributed by atoms with Gasteiger partial charge in [-0.3, -0.25) is 20.6 Å². The molecule has 0 saturated carbocycles. The minimum absolute atomic E-state index is 0.132. The lowest BCUT2D eigenvalue weighted by Crippen LogP contribution is -2.34. The zero-order chi connectivity index (χ0) is 23.4. The van der Waals surface area contributed by atoms with Crippen LogP contribution < -0.4 is 21.1 Å². The number of dihydropyridines is 1. The molecule has 168 valence electrons. The van der Waals surface area contributed by atoms with Crippen molar-refractivity contribution >= 4 is 23.4 Å². The van der Waals surface area contributed by atoms with Crippen LogP contribution in [0.5, 0.6) is 0 Å². The monoisotopic (exact) mass is 435 g/mol. The average Bonchev–Trinajstić information content (AvgIpc) is 3.25. The third kappa shape index (κ3) is 4.85. The number of carbonyl (C=O) groups excluding carboxylic acids is 1. The van der Waals surface area contributed by atoms with E-state index in [9.17, 15) is 4.79 Å². The maximum absolute atomic E-state index is 12.9. The van der Waals surface area contributed by atoms with E-state index in [1.165, 1.54) is 0 Å². The van der Waals surface area contributed by atoms with Gasteiger partial charge >= 0.3 is 0 Å². The summed E-state index contributed by atoms with van der Waals surface area (Å²) in [5.74, 6) is 0.233. The number of hydrazine groups is 1. The summed E-state index contributed by atoms with van der Waals surface area (Å²) >= 11 is 0. The molecule has 1 amide bonds. The maximum atomic E-state index is 12.9. The molecule has 10 nitrogen and oxygen atoms in total. The van der Waals surface area contributed by atoms with Gasteiger partial charge in [0.25, 0.3) is 5.91 Å². The number of amides is 1. The van der Waals surface area contributed by atoms with E-state index in [1.54, 1.807) is 30.5 Å². The molecule has 5 N–H and O–H groups in total. The van der Waals surface area contributed by atoms with Crippen LogP contribution in [0.15, 0.2) is 70.5 Å². The summed E-state index contributed by atoms with van der Waals surface area (Å²) in [6, 6.07) is 5.27. The van der Waals surface area contributed by atoms with Crippen molar-refractivity contribution in [1.29, 1.82) is 10.9 Å². The van der Waals surface area contributed by atoms with E-state index in [4.69, 9.17) is 10.9 Å². The normalized spacial score (nSPS) is 17.5. The first-order valence-electron chi connectivity index (χ1n) is 10.4. The van der Waals surface area contributed by atoms with Crippen molar-refractivity contribution < 1.29 is 4.79 Å². The fraction of sp³-hybridized carbons (Fsp3) is 0.318. The van der Waals surface area contributed by atoms with Gasteiger partial charge in [-0.1, -0.05) is 25.1 Å². The van der Waals surface area contributed by atoms with E-state index in [-0.39, 0.29) is 23.5 Å². The first-order chi connectivity index (χ1) is 15.2. The van der Waals surface area contributed by atoms with Gasteiger partial charge in [0.2, 0.25) is 0 Å². The molecule has 10 heteroatoms. The molecule has 1 aromatic rings. The van der Waals surface area contributed by atoms with Crippen LogP contribution in [0.2, 0.25) is 0 Å². The van der Waals surface area contributed by atoms with Crippen molar-refractivity contribution in [3.8, 4) is 0 Å². The second kappa shape index (κ2) is 9.46. The molecule has 32 heavy (non-hydrogen) atoms. The largest absolute Gasteiger partial charge is 0.357 e. The summed E-state index contributed by atoms with van der Waals surface area (Å²) in [6.45, 7) is 9.82. The van der Waals surface area contributed by atoms with Crippen molar-refractivity contribution in [3.05, 3.63) is 65.3 Å². The summed E-state index contributed by atoms with van der Waals surface area (Å²) in [5.41, 5.74) is 13.9. The molecule has 0 unspecified atom stereocenters. The van der Waals surface area contributed by atoms with Crippen LogP contribution in [-0.2, 0) is 4.79 Å². The third-order valence-corrected chi connectivity index (χ3v) is 4.97. The Morgan fingerprint density at radius 2 is 2.03 bits per heavy atom. The molecule has 2 aliphatic heterocycles. The smallest absolute Gasteiger partial charge is 0.273 e. The van der Waals surface area contributed by atoms with Crippen LogP contribution in [0.3, 0.4) is 0 Å². The van der Waals surface area contributed by atoms with E-state index in [2.05, 4.69) is 40.1 Å². The second-order valence-electron chi connectivity index (χ2n) is 8.07. The van der Waals surface area contributed by atoms with Crippen molar-refractivity contribution in [3.63, 3.8) is 0 Å². The molecule has 0 saturated heterocycles. The fourth-order valence-corrected chi connectivity index (χ4v) is 3.07. The molecule has 3 rings (SSSR count). The molecule has 3 heterocycles. The van der Waals surface area contributed by atoms with E-state index in [0.717, 1.165) is 21.9 Å². The molecule has 0 spiro atoms. The molecular formula is C22H29N9O. The van der Waals surface area contributed by atoms with Crippen LogP contribution in [-0.4, -0.2) is 27.8 Å². The standard InChI is InChI=1S/C22H29N9O/c1-13(2)21(23)31(29-24)20-8-6-7-19(26-20)27-22(32)18-11-16(15(5)12-25-18)17-9-10-30(28-17)14(3)4/h6-14,23-25,28H,1-5H3,(H,26,27,32)/b17-16-,23-21?,29-24?. The number of nitrogens with one attached hydrogen (secondary N) is 5. The number of nitrogens with zero attached hydrogens (tertiary/aromatic N) is 4. The maximum Gasteiger partial charge on any atom is 0.273 e. The van der Waals surface area contributed by atoms with Gasteiger partial charge in [-0.15, -0.1) is 0 Å². The minimum atomic E-state index is -0.354. The first kappa shape index (κ1) is 22.7. The fourth-order valence-electron chi connectivity index (χ4n) is 3.07. The van der Waals surface area contributed by atoms with Crippen LogP contribution >= 0.6 is 0 Å². The van der Waals surface area contributed by atoms with Crippen LogP contribution in [0.1, 0.15) is 34.6 Å². The van der Waals surface area contributed by atoms with Crippen LogP contribution in [0.25, 0.3) is 0 Å². The van der Waals surface area contributed by atoms with Gasteiger partial charge in [0, 0.05) is 29.9 Å². The number of carbonyl (C=O) groups is 1. The predicted molar refractivity (Wildman–Crippen MR) is 124 cm³/mol. The van der Waals surface area contributed by atoms with Crippen LogP contribution in [0, 0.1) is 16.9 Å². The van der Waals surface area contributed by atoms with E-state index < -0.39 is 0 Å². The van der Waals surface area contributed by atoms with Crippen molar-refractivity contribution in [1.82, 2.24) is 20.7 Å². The van der Waals surface area contributed by atoms with Gasteiger partial charge < -0.3 is 10.6 Å². The quantitative estimate of drug-likeness (QED) is 0.200. The number of rotatable bonds is 6. The number of allylic oxidation sites excluding steroid dienone is 4. The Bertz CT molecular complexity index is 1050. The van der Waals surface area contributed by atoms with Crippen molar-refractivity contribution in [2.75, 3.05) is 10.3 Å². The number of aromatic nitrogens is 1. The topological polar surface area (TPSA) is 133 Å². The molecular weight excluding hydrogens is 406 g/mol. The molecule has 1 aromatic heterocycles. The Balaban J connectivity index is 1.80. The minimum Gasteiger partial charge on any atom is -0.357 e. The SMILES string of the molecule is CC1=CNC(C(=O)Nc2cccc(N(N=N)C(=N)C(C)C)n2)=C/C1=C1\C=CN(C(C)C)N1. The van der Waals surface area contributed by atoms with Gasteiger partial charge in [-0.25, -0.2) is 4.98 Å². The number of hydrogen-bond donors (Lipinski definition) is 5. The van der Waals surface area contributed by atoms with Gasteiger partial charge in [-0.2, -0.15) is 10.5 Å². The van der Waals surface area contributed by atoms with Gasteiger partial charge in [-0.05, 0) is 50.6 Å². The Hall–Kier alpha value is -3.95. The van der Waals surface area contributed by atoms with E-state index >= 15 is 0 Å².